The third-order valence-electron chi connectivity index (χ3n) is 0.804. The van der Waals surface area contributed by atoms with Crippen LogP contribution in [0.25, 0.3) is 0 Å². The van der Waals surface area contributed by atoms with E-state index in [-0.39, 0.29) is 0 Å². The van der Waals surface area contributed by atoms with Crippen molar-refractivity contribution in [2.45, 2.75) is 19.4 Å². The predicted molar refractivity (Wildman–Crippen MR) is 42.7 cm³/mol. The zero-order chi connectivity index (χ0) is 7.33. The quantitative estimate of drug-likeness (QED) is 0.455. The Labute approximate surface area is 61.0 Å². The van der Waals surface area contributed by atoms with Crippen LogP contribution in [0, 0.1) is 0 Å². The Kier molecular flexibility index (Phi) is 4.27. The van der Waals surface area contributed by atoms with Crippen molar-refractivity contribution in [3.05, 3.63) is 0 Å². The summed E-state index contributed by atoms with van der Waals surface area (Å²) in [7, 11) is 0. The van der Waals surface area contributed by atoms with Crippen molar-refractivity contribution in [3.8, 4) is 0 Å². The van der Waals surface area contributed by atoms with Crippen molar-refractivity contribution in [1.29, 1.82) is 0 Å². The van der Waals surface area contributed by atoms with Crippen LogP contribution >= 0.6 is 11.8 Å². The molecule has 0 aromatic heterocycles. The maximum Gasteiger partial charge on any atom is 0.0715 e. The van der Waals surface area contributed by atoms with Gasteiger partial charge in [-0.15, -0.1) is 11.8 Å². The van der Waals surface area contributed by atoms with Crippen molar-refractivity contribution in [1.82, 2.24) is 5.32 Å². The smallest absolute Gasteiger partial charge is 0.0715 e. The number of hydrogen-bond donors (Lipinski definition) is 2. The summed E-state index contributed by atoms with van der Waals surface area (Å²) in [5, 5.41) is 12.3. The van der Waals surface area contributed by atoms with E-state index >= 15 is 0 Å². The minimum absolute atomic E-state index is 0.574. The molecule has 2 N–H and O–H groups in total. The van der Waals surface area contributed by atoms with E-state index in [9.17, 15) is 5.11 Å². The molecule has 9 heavy (non-hydrogen) atoms. The van der Waals surface area contributed by atoms with Gasteiger partial charge in [-0.2, -0.15) is 0 Å². The van der Waals surface area contributed by atoms with E-state index in [1.807, 2.05) is 6.26 Å². The van der Waals surface area contributed by atoms with Gasteiger partial charge < -0.3 is 10.4 Å². The molecule has 56 valence electrons. The summed E-state index contributed by atoms with van der Waals surface area (Å²) in [6.07, 6.45) is 2.03. The molecule has 0 aliphatic heterocycles. The van der Waals surface area contributed by atoms with Crippen LogP contribution in [-0.2, 0) is 0 Å². The molecule has 0 saturated carbocycles. The molecule has 0 rings (SSSR count). The van der Waals surface area contributed by atoms with E-state index in [4.69, 9.17) is 0 Å². The standard InChI is InChI=1S/C6H15NOS/c1-6(2,8)4-7-5-9-3/h7-8H,4-5H2,1-3H3. The highest BCUT2D eigenvalue weighted by molar-refractivity contribution is 7.98. The van der Waals surface area contributed by atoms with Crippen LogP contribution in [0.5, 0.6) is 0 Å². The molecule has 0 spiro atoms. The Bertz CT molecular complexity index is 69.9. The maximum atomic E-state index is 9.17. The van der Waals surface area contributed by atoms with Gasteiger partial charge in [0, 0.05) is 12.4 Å². The van der Waals surface area contributed by atoms with Gasteiger partial charge in [-0.1, -0.05) is 0 Å². The maximum absolute atomic E-state index is 9.17. The number of rotatable bonds is 4. The monoisotopic (exact) mass is 149 g/mol. The van der Waals surface area contributed by atoms with Crippen LogP contribution in [0.3, 0.4) is 0 Å². The fourth-order valence-corrected chi connectivity index (χ4v) is 0.765. The minimum atomic E-state index is -0.574. The van der Waals surface area contributed by atoms with Crippen molar-refractivity contribution in [2.24, 2.45) is 0 Å². The molecule has 0 amide bonds. The van der Waals surface area contributed by atoms with Crippen molar-refractivity contribution < 1.29 is 5.11 Å². The van der Waals surface area contributed by atoms with Crippen molar-refractivity contribution in [3.63, 3.8) is 0 Å². The first-order valence-corrected chi connectivity index (χ1v) is 4.38. The Morgan fingerprint density at radius 2 is 2.11 bits per heavy atom. The van der Waals surface area contributed by atoms with Crippen molar-refractivity contribution in [2.75, 3.05) is 18.7 Å². The third kappa shape index (κ3) is 8.27. The molecule has 0 fully saturated rings. The molecule has 2 nitrogen and oxygen atoms in total. The Morgan fingerprint density at radius 1 is 1.56 bits per heavy atom. The van der Waals surface area contributed by atoms with E-state index in [2.05, 4.69) is 5.32 Å². The number of nitrogens with one attached hydrogen (secondary N) is 1. The van der Waals surface area contributed by atoms with Gasteiger partial charge in [-0.25, -0.2) is 0 Å². The van der Waals surface area contributed by atoms with Gasteiger partial charge in [0.25, 0.3) is 0 Å². The molecule has 0 unspecified atom stereocenters. The fraction of sp³-hybridized carbons (Fsp3) is 1.00. The van der Waals surface area contributed by atoms with Gasteiger partial charge in [0.1, 0.15) is 0 Å². The molecular formula is C6H15NOS. The van der Waals surface area contributed by atoms with Crippen LogP contribution in [-0.4, -0.2) is 29.4 Å². The van der Waals surface area contributed by atoms with Crippen molar-refractivity contribution >= 4 is 11.8 Å². The lowest BCUT2D eigenvalue weighted by atomic mass is 10.1. The Morgan fingerprint density at radius 3 is 2.44 bits per heavy atom. The summed E-state index contributed by atoms with van der Waals surface area (Å²) in [4.78, 5) is 0. The minimum Gasteiger partial charge on any atom is -0.389 e. The predicted octanol–water partition coefficient (Wildman–Crippen LogP) is 0.667. The van der Waals surface area contributed by atoms with E-state index in [0.717, 1.165) is 5.88 Å². The van der Waals surface area contributed by atoms with Gasteiger partial charge in [0.2, 0.25) is 0 Å². The second-order valence-electron chi connectivity index (χ2n) is 2.67. The van der Waals surface area contributed by atoms with E-state index in [1.54, 1.807) is 25.6 Å². The lowest BCUT2D eigenvalue weighted by molar-refractivity contribution is 0.0816. The van der Waals surface area contributed by atoms with Gasteiger partial charge in [-0.05, 0) is 20.1 Å². The highest BCUT2D eigenvalue weighted by atomic mass is 32.2. The second-order valence-corrected chi connectivity index (χ2v) is 3.54. The SMILES string of the molecule is CSCNCC(C)(C)O. The number of aliphatic hydroxyl groups is 1. The zero-order valence-electron chi connectivity index (χ0n) is 6.27. The molecule has 0 saturated heterocycles. The van der Waals surface area contributed by atoms with Crippen LogP contribution < -0.4 is 5.32 Å². The van der Waals surface area contributed by atoms with E-state index < -0.39 is 5.60 Å². The first-order chi connectivity index (χ1) is 4.06. The normalized spacial score (nSPS) is 12.0. The van der Waals surface area contributed by atoms with Crippen LogP contribution in [0.15, 0.2) is 0 Å². The molecule has 0 aromatic rings. The van der Waals surface area contributed by atoms with Gasteiger partial charge in [0.15, 0.2) is 0 Å². The van der Waals surface area contributed by atoms with Gasteiger partial charge in [-0.3, -0.25) is 0 Å². The van der Waals surface area contributed by atoms with Gasteiger partial charge >= 0.3 is 0 Å². The topological polar surface area (TPSA) is 32.3 Å². The summed E-state index contributed by atoms with van der Waals surface area (Å²) in [5.74, 6) is 0.907. The van der Waals surface area contributed by atoms with Crippen LogP contribution in [0.4, 0.5) is 0 Å². The van der Waals surface area contributed by atoms with E-state index in [1.165, 1.54) is 0 Å². The highest BCUT2D eigenvalue weighted by Gasteiger charge is 2.09. The fourth-order valence-electron chi connectivity index (χ4n) is 0.459. The van der Waals surface area contributed by atoms with E-state index in [0.29, 0.717) is 6.54 Å². The Hall–Kier alpha value is 0.270. The number of hydrogen-bond acceptors (Lipinski definition) is 3. The highest BCUT2D eigenvalue weighted by Crippen LogP contribution is 1.97. The molecule has 0 radical (unpaired) electrons. The molecule has 3 heteroatoms. The van der Waals surface area contributed by atoms with Crippen LogP contribution in [0.1, 0.15) is 13.8 Å². The third-order valence-corrected chi connectivity index (χ3v) is 1.30. The molecule has 0 bridgehead atoms. The largest absolute Gasteiger partial charge is 0.389 e. The summed E-state index contributed by atoms with van der Waals surface area (Å²) < 4.78 is 0. The lowest BCUT2D eigenvalue weighted by Gasteiger charge is -2.16. The second kappa shape index (κ2) is 4.14. The number of thioether (sulfide) groups is 1. The molecule has 0 aliphatic carbocycles. The summed E-state index contributed by atoms with van der Waals surface area (Å²) in [6, 6.07) is 0. The summed E-state index contributed by atoms with van der Waals surface area (Å²) in [6.45, 7) is 4.24. The Balaban J connectivity index is 3.07. The molecule has 0 atom stereocenters. The zero-order valence-corrected chi connectivity index (χ0v) is 7.09. The van der Waals surface area contributed by atoms with Crippen LogP contribution in [0.2, 0.25) is 0 Å². The summed E-state index contributed by atoms with van der Waals surface area (Å²) >= 11 is 1.72. The summed E-state index contributed by atoms with van der Waals surface area (Å²) in [5.41, 5.74) is -0.574. The molecular weight excluding hydrogens is 134 g/mol. The average molecular weight is 149 g/mol. The van der Waals surface area contributed by atoms with Gasteiger partial charge in [0.05, 0.1) is 5.60 Å². The first kappa shape index (κ1) is 9.27. The molecule has 0 aromatic carbocycles. The molecule has 0 heterocycles. The first-order valence-electron chi connectivity index (χ1n) is 2.98. The average Bonchev–Trinajstić information content (AvgIpc) is 1.63. The molecule has 0 aliphatic rings. The lowest BCUT2D eigenvalue weighted by Crippen LogP contribution is -2.34.